The second-order valence-electron chi connectivity index (χ2n) is 5.98. The van der Waals surface area contributed by atoms with Crippen LogP contribution in [0.25, 0.3) is 0 Å². The average Bonchev–Trinajstić information content (AvgIpc) is 2.69. The van der Waals surface area contributed by atoms with Crippen LogP contribution in [0.5, 0.6) is 0 Å². The minimum absolute atomic E-state index is 0.359. The Kier molecular flexibility index (Phi) is 4.55. The minimum Gasteiger partial charge on any atom is -0.378 e. The molecule has 4 heterocycles. The predicted octanol–water partition coefficient (Wildman–Crippen LogP) is 0.569. The van der Waals surface area contributed by atoms with Crippen LogP contribution in [0.4, 0.5) is 22.0 Å². The summed E-state index contributed by atoms with van der Waals surface area (Å²) < 4.78 is 19.2. The van der Waals surface area contributed by atoms with Crippen molar-refractivity contribution in [3.8, 4) is 0 Å². The monoisotopic (exact) mass is 345 g/mol. The Bertz CT molecular complexity index is 717. The first kappa shape index (κ1) is 15.9. The van der Waals surface area contributed by atoms with Gasteiger partial charge in [0.15, 0.2) is 11.6 Å². The molecule has 9 heteroatoms. The van der Waals surface area contributed by atoms with E-state index in [1.807, 2.05) is 11.0 Å². The lowest BCUT2D eigenvalue weighted by molar-refractivity contribution is 0.122. The second-order valence-corrected chi connectivity index (χ2v) is 5.98. The number of rotatable bonds is 3. The lowest BCUT2D eigenvalue weighted by Crippen LogP contribution is -2.47. The van der Waals surface area contributed by atoms with Crippen molar-refractivity contribution in [1.29, 1.82) is 0 Å². The second kappa shape index (κ2) is 7.14. The smallest absolute Gasteiger partial charge is 0.227 e. The fraction of sp³-hybridized carbons (Fsp3) is 0.500. The Labute approximate surface area is 145 Å². The maximum atomic E-state index is 13.8. The molecule has 0 spiro atoms. The molecule has 0 radical (unpaired) electrons. The van der Waals surface area contributed by atoms with Crippen molar-refractivity contribution in [1.82, 2.24) is 19.9 Å². The Morgan fingerprint density at radius 3 is 2.44 bits per heavy atom. The summed E-state index contributed by atoms with van der Waals surface area (Å²) >= 11 is 0. The zero-order valence-corrected chi connectivity index (χ0v) is 13.9. The number of aromatic nitrogens is 4. The van der Waals surface area contributed by atoms with Crippen LogP contribution in [0, 0.1) is 5.82 Å². The fourth-order valence-electron chi connectivity index (χ4n) is 3.12. The molecule has 0 unspecified atom stereocenters. The third kappa shape index (κ3) is 3.46. The molecule has 0 aliphatic carbocycles. The van der Waals surface area contributed by atoms with Gasteiger partial charge in [-0.25, -0.2) is 19.3 Å². The molecule has 0 amide bonds. The van der Waals surface area contributed by atoms with Crippen LogP contribution < -0.4 is 14.7 Å². The molecule has 2 fully saturated rings. The van der Waals surface area contributed by atoms with Gasteiger partial charge in [0, 0.05) is 45.5 Å². The van der Waals surface area contributed by atoms with Crippen LogP contribution in [-0.2, 0) is 4.74 Å². The first-order chi connectivity index (χ1) is 12.3. The molecule has 0 aromatic carbocycles. The van der Waals surface area contributed by atoms with Crippen LogP contribution in [0.15, 0.2) is 24.8 Å². The van der Waals surface area contributed by atoms with Gasteiger partial charge in [0.2, 0.25) is 5.95 Å². The number of piperazine rings is 1. The van der Waals surface area contributed by atoms with Crippen LogP contribution in [0.3, 0.4) is 0 Å². The lowest BCUT2D eigenvalue weighted by Gasteiger charge is -2.35. The number of ether oxygens (including phenoxy) is 1. The van der Waals surface area contributed by atoms with Crippen molar-refractivity contribution >= 4 is 17.6 Å². The van der Waals surface area contributed by atoms with Crippen molar-refractivity contribution in [2.45, 2.75) is 0 Å². The van der Waals surface area contributed by atoms with E-state index >= 15 is 0 Å². The zero-order chi connectivity index (χ0) is 17.1. The molecule has 0 bridgehead atoms. The Hall–Kier alpha value is -2.55. The topological polar surface area (TPSA) is 70.5 Å². The zero-order valence-electron chi connectivity index (χ0n) is 13.9. The maximum absolute atomic E-state index is 13.8. The van der Waals surface area contributed by atoms with E-state index in [9.17, 15) is 4.39 Å². The SMILES string of the molecule is Fc1cncnc1N1CCN(c2nccc(N3CCOCC3)n2)CC1. The molecule has 2 saturated heterocycles. The first-order valence-corrected chi connectivity index (χ1v) is 8.42. The molecule has 2 aliphatic rings. The molecule has 2 aromatic rings. The highest BCUT2D eigenvalue weighted by Crippen LogP contribution is 2.20. The predicted molar refractivity (Wildman–Crippen MR) is 91.5 cm³/mol. The summed E-state index contributed by atoms with van der Waals surface area (Å²) in [5.41, 5.74) is 0. The third-order valence-corrected chi connectivity index (χ3v) is 4.47. The van der Waals surface area contributed by atoms with E-state index in [4.69, 9.17) is 9.72 Å². The van der Waals surface area contributed by atoms with Crippen molar-refractivity contribution in [3.05, 3.63) is 30.6 Å². The molecule has 4 rings (SSSR count). The van der Waals surface area contributed by atoms with Gasteiger partial charge in [-0.05, 0) is 6.07 Å². The van der Waals surface area contributed by atoms with Gasteiger partial charge < -0.3 is 19.4 Å². The van der Waals surface area contributed by atoms with Crippen molar-refractivity contribution in [2.75, 3.05) is 67.2 Å². The fourth-order valence-corrected chi connectivity index (χ4v) is 3.12. The molecule has 132 valence electrons. The number of anilines is 3. The molecular weight excluding hydrogens is 325 g/mol. The Balaban J connectivity index is 1.43. The highest BCUT2D eigenvalue weighted by atomic mass is 19.1. The van der Waals surface area contributed by atoms with Crippen LogP contribution >= 0.6 is 0 Å². The van der Waals surface area contributed by atoms with Gasteiger partial charge in [0.1, 0.15) is 12.1 Å². The minimum atomic E-state index is -0.387. The number of hydrogen-bond acceptors (Lipinski definition) is 8. The molecule has 25 heavy (non-hydrogen) atoms. The molecule has 0 saturated carbocycles. The third-order valence-electron chi connectivity index (χ3n) is 4.47. The summed E-state index contributed by atoms with van der Waals surface area (Å²) in [6.45, 7) is 5.91. The number of nitrogens with zero attached hydrogens (tertiary/aromatic N) is 7. The van der Waals surface area contributed by atoms with Gasteiger partial charge in [0.05, 0.1) is 19.4 Å². The first-order valence-electron chi connectivity index (χ1n) is 8.42. The molecule has 2 aromatic heterocycles. The highest BCUT2D eigenvalue weighted by Gasteiger charge is 2.23. The number of hydrogen-bond donors (Lipinski definition) is 0. The number of morpholine rings is 1. The van der Waals surface area contributed by atoms with E-state index in [1.54, 1.807) is 6.20 Å². The van der Waals surface area contributed by atoms with Crippen LogP contribution in [-0.4, -0.2) is 72.4 Å². The van der Waals surface area contributed by atoms with Gasteiger partial charge >= 0.3 is 0 Å². The van der Waals surface area contributed by atoms with E-state index in [2.05, 4.69) is 24.8 Å². The summed E-state index contributed by atoms with van der Waals surface area (Å²) in [7, 11) is 0. The summed E-state index contributed by atoms with van der Waals surface area (Å²) in [5, 5.41) is 0. The molecule has 0 N–H and O–H groups in total. The van der Waals surface area contributed by atoms with E-state index < -0.39 is 0 Å². The molecular formula is C16H20FN7O. The van der Waals surface area contributed by atoms with Gasteiger partial charge in [-0.3, -0.25) is 0 Å². The largest absolute Gasteiger partial charge is 0.378 e. The summed E-state index contributed by atoms with van der Waals surface area (Å²) in [6, 6.07) is 1.93. The quantitative estimate of drug-likeness (QED) is 0.800. The van der Waals surface area contributed by atoms with Crippen molar-refractivity contribution in [3.63, 3.8) is 0 Å². The summed E-state index contributed by atoms with van der Waals surface area (Å²) in [6.07, 6.45) is 4.37. The lowest BCUT2D eigenvalue weighted by atomic mass is 10.3. The van der Waals surface area contributed by atoms with Gasteiger partial charge in [-0.2, -0.15) is 4.98 Å². The van der Waals surface area contributed by atoms with Crippen LogP contribution in [0.2, 0.25) is 0 Å². The van der Waals surface area contributed by atoms with Crippen molar-refractivity contribution in [2.24, 2.45) is 0 Å². The number of halogens is 1. The van der Waals surface area contributed by atoms with Gasteiger partial charge in [0.25, 0.3) is 0 Å². The maximum Gasteiger partial charge on any atom is 0.227 e. The average molecular weight is 345 g/mol. The van der Waals surface area contributed by atoms with Gasteiger partial charge in [-0.15, -0.1) is 0 Å². The summed E-state index contributed by atoms with van der Waals surface area (Å²) in [4.78, 5) is 23.1. The summed E-state index contributed by atoms with van der Waals surface area (Å²) in [5.74, 6) is 1.61. The van der Waals surface area contributed by atoms with E-state index in [0.717, 1.165) is 45.2 Å². The van der Waals surface area contributed by atoms with E-state index in [1.165, 1.54) is 12.5 Å². The van der Waals surface area contributed by atoms with Crippen LogP contribution in [0.1, 0.15) is 0 Å². The Morgan fingerprint density at radius 1 is 0.920 bits per heavy atom. The van der Waals surface area contributed by atoms with Crippen molar-refractivity contribution < 1.29 is 9.13 Å². The van der Waals surface area contributed by atoms with E-state index in [0.29, 0.717) is 24.9 Å². The van der Waals surface area contributed by atoms with E-state index in [-0.39, 0.29) is 5.82 Å². The molecule has 0 atom stereocenters. The standard InChI is InChI=1S/C16H20FN7O/c17-13-11-18-12-20-15(13)23-3-5-24(6-4-23)16-19-2-1-14(21-16)22-7-9-25-10-8-22/h1-2,11-12H,3-10H2. The normalized spacial score (nSPS) is 18.5. The highest BCUT2D eigenvalue weighted by molar-refractivity contribution is 5.46. The molecule has 2 aliphatic heterocycles. The van der Waals surface area contributed by atoms with Gasteiger partial charge in [-0.1, -0.05) is 0 Å². The Morgan fingerprint density at radius 2 is 1.68 bits per heavy atom. The molecule has 8 nitrogen and oxygen atoms in total.